The van der Waals surface area contributed by atoms with Crippen LogP contribution in [0.2, 0.25) is 0 Å². The molecule has 26 heteroatoms. The zero-order chi connectivity index (χ0) is 59.0. The van der Waals surface area contributed by atoms with Gasteiger partial charge in [0.1, 0.15) is 29.8 Å². The van der Waals surface area contributed by atoms with Crippen molar-refractivity contribution in [2.45, 2.75) is 110 Å². The van der Waals surface area contributed by atoms with Gasteiger partial charge < -0.3 is 35.0 Å². The van der Waals surface area contributed by atoms with Gasteiger partial charge in [0.2, 0.25) is 17.7 Å². The summed E-state index contributed by atoms with van der Waals surface area (Å²) >= 11 is 6.85. The van der Waals surface area contributed by atoms with Crippen LogP contribution in [-0.2, 0) is 36.3 Å². The van der Waals surface area contributed by atoms with E-state index < -0.39 is 145 Å². The van der Waals surface area contributed by atoms with Crippen molar-refractivity contribution in [2.24, 2.45) is 5.41 Å². The molecule has 426 valence electrons. The van der Waals surface area contributed by atoms with E-state index in [-0.39, 0.29) is 39.0 Å². The van der Waals surface area contributed by atoms with Crippen molar-refractivity contribution in [2.75, 3.05) is 36.2 Å². The van der Waals surface area contributed by atoms with Crippen molar-refractivity contribution in [3.63, 3.8) is 0 Å². The van der Waals surface area contributed by atoms with Gasteiger partial charge in [-0.05, 0) is 99.6 Å². The number of nitrogens with one attached hydrogen (secondary N) is 2. The van der Waals surface area contributed by atoms with Gasteiger partial charge in [0, 0.05) is 25.1 Å². The number of nitriles is 1. The minimum Gasteiger partial charge on any atom is -0.488 e. The smallest absolute Gasteiger partial charge is 0.420 e. The minimum atomic E-state index is -5.39. The summed E-state index contributed by atoms with van der Waals surface area (Å²) in [4.78, 5) is 66.1. The summed E-state index contributed by atoms with van der Waals surface area (Å²) in [6.07, 6.45) is -10.6. The third-order valence-electron chi connectivity index (χ3n) is 13.4. The maximum Gasteiger partial charge on any atom is 0.420 e. The number of halogens is 9. The van der Waals surface area contributed by atoms with Crippen molar-refractivity contribution in [1.82, 2.24) is 25.5 Å². The first-order valence-corrected chi connectivity index (χ1v) is 26.0. The number of anilines is 2. The number of rotatable bonds is 17. The summed E-state index contributed by atoms with van der Waals surface area (Å²) in [6.45, 7) is 10.1. The number of carbonyl (C=O) groups is 4. The Morgan fingerprint density at radius 2 is 1.59 bits per heavy atom. The highest BCUT2D eigenvalue weighted by Gasteiger charge is 2.53. The Balaban J connectivity index is 0.930. The maximum absolute atomic E-state index is 15.5. The van der Waals surface area contributed by atoms with Crippen LogP contribution < -0.4 is 25.2 Å². The van der Waals surface area contributed by atoms with Gasteiger partial charge in [-0.25, -0.2) is 18.2 Å². The largest absolute Gasteiger partial charge is 0.488 e. The van der Waals surface area contributed by atoms with Crippen molar-refractivity contribution >= 4 is 63.7 Å². The number of aryl methyl sites for hydroxylation is 1. The van der Waals surface area contributed by atoms with Crippen LogP contribution in [0.3, 0.4) is 0 Å². The second kappa shape index (κ2) is 23.5. The van der Waals surface area contributed by atoms with Gasteiger partial charge in [0.25, 0.3) is 5.91 Å². The number of unbranched alkanes of at least 4 members (excludes halogenated alkanes) is 1. The third kappa shape index (κ3) is 12.7. The summed E-state index contributed by atoms with van der Waals surface area (Å²) in [7, 11) is 0. The molecule has 4 atom stereocenters. The molecule has 7 rings (SSSR count). The Morgan fingerprint density at radius 3 is 2.17 bits per heavy atom. The number of hydrogen-bond donors (Lipinski definition) is 3. The van der Waals surface area contributed by atoms with Crippen molar-refractivity contribution in [3.05, 3.63) is 112 Å². The highest BCUT2D eigenvalue weighted by molar-refractivity contribution is 7.81. The van der Waals surface area contributed by atoms with Gasteiger partial charge in [-0.15, -0.1) is 11.3 Å². The predicted molar refractivity (Wildman–Crippen MR) is 279 cm³/mol. The number of likely N-dealkylation sites (tertiary alicyclic amines) is 1. The normalized spacial score (nSPS) is 17.4. The van der Waals surface area contributed by atoms with Crippen LogP contribution in [-0.4, -0.2) is 98.8 Å². The SMILES string of the molecule is Cc1ncsc1-c1ccc([C@H](C)NC(=O)[C@@H]2C[C@@H](O)CN2C(=O)[C@@H](NC(=O)COCCCCOc2c(F)cc(-c3ncc(N4C(=S)N(c5ccc(C#N)c(C(F)(F)F)c5F)C(=O)C4(C)C)cc3C(F)(F)F)cc2F)C(C)(C)C)cc1. The summed E-state index contributed by atoms with van der Waals surface area (Å²) in [6, 6.07) is 9.09. The molecule has 15 nitrogen and oxygen atoms in total. The molecule has 2 aliphatic heterocycles. The van der Waals surface area contributed by atoms with E-state index in [1.54, 1.807) is 33.2 Å². The Morgan fingerprint density at radius 1 is 0.938 bits per heavy atom. The van der Waals surface area contributed by atoms with Crippen molar-refractivity contribution < 1.29 is 73.3 Å². The van der Waals surface area contributed by atoms with Crippen LogP contribution in [0.5, 0.6) is 5.75 Å². The zero-order valence-corrected chi connectivity index (χ0v) is 45.5. The molecule has 2 saturated heterocycles. The first-order valence-electron chi connectivity index (χ1n) is 24.7. The van der Waals surface area contributed by atoms with E-state index in [0.717, 1.165) is 46.6 Å². The molecule has 3 aromatic carbocycles. The lowest BCUT2D eigenvalue weighted by Gasteiger charge is -2.35. The summed E-state index contributed by atoms with van der Waals surface area (Å²) in [5.41, 5.74) is -6.28. The molecular formula is C54H53F9N8O7S2. The number of aliphatic hydroxyl groups is 1. The number of β-amino-alcohol motifs (C(OH)–C–C–N with tert-alkyl or cyclic N) is 1. The first-order chi connectivity index (χ1) is 37.4. The number of alkyl halides is 6. The van der Waals surface area contributed by atoms with Crippen LogP contribution in [0.1, 0.15) is 94.8 Å². The number of hydrogen-bond acceptors (Lipinski definition) is 12. The molecule has 3 N–H and O–H groups in total. The van der Waals surface area contributed by atoms with E-state index in [1.807, 2.05) is 31.2 Å². The molecule has 0 aliphatic carbocycles. The van der Waals surface area contributed by atoms with Crippen LogP contribution >= 0.6 is 23.6 Å². The van der Waals surface area contributed by atoms with Gasteiger partial charge in [0.15, 0.2) is 28.3 Å². The molecule has 2 fully saturated rings. The topological polar surface area (TPSA) is 190 Å². The Hall–Kier alpha value is -7.21. The van der Waals surface area contributed by atoms with E-state index in [4.69, 9.17) is 21.7 Å². The molecule has 2 aromatic heterocycles. The second-order valence-electron chi connectivity index (χ2n) is 20.6. The van der Waals surface area contributed by atoms with E-state index in [9.17, 15) is 55.9 Å². The lowest BCUT2D eigenvalue weighted by Crippen LogP contribution is -2.58. The van der Waals surface area contributed by atoms with Crippen LogP contribution in [0.15, 0.2) is 66.3 Å². The number of carbonyl (C=O) groups excluding carboxylic acids is 4. The summed E-state index contributed by atoms with van der Waals surface area (Å²) in [5.74, 6) is -8.68. The average molecular weight is 1160 g/mol. The van der Waals surface area contributed by atoms with Crippen molar-refractivity contribution in [1.29, 1.82) is 5.26 Å². The third-order valence-corrected chi connectivity index (χ3v) is 14.7. The molecule has 5 aromatic rings. The van der Waals surface area contributed by atoms with Crippen LogP contribution in [0, 0.1) is 41.1 Å². The quantitative estimate of drug-likeness (QED) is 0.0455. The fraction of sp³-hybridized carbons (Fsp3) is 0.407. The van der Waals surface area contributed by atoms with Crippen molar-refractivity contribution in [3.8, 4) is 33.5 Å². The number of thiocarbonyl (C=S) groups is 1. The minimum absolute atomic E-state index is 0.0202. The number of aromatic nitrogens is 2. The highest BCUT2D eigenvalue weighted by atomic mass is 32.1. The van der Waals surface area contributed by atoms with E-state index in [0.29, 0.717) is 35.2 Å². The number of pyridine rings is 1. The lowest BCUT2D eigenvalue weighted by atomic mass is 9.85. The van der Waals surface area contributed by atoms with Gasteiger partial charge in [0.05, 0.1) is 75.3 Å². The highest BCUT2D eigenvalue weighted by Crippen LogP contribution is 2.45. The molecule has 0 saturated carbocycles. The Kier molecular flexibility index (Phi) is 17.7. The van der Waals surface area contributed by atoms with Gasteiger partial charge in [-0.3, -0.25) is 29.1 Å². The second-order valence-corrected chi connectivity index (χ2v) is 21.8. The molecule has 4 heterocycles. The van der Waals surface area contributed by atoms with E-state index in [2.05, 4.69) is 20.6 Å². The average Bonchev–Trinajstić information content (AvgIpc) is 4.04. The Labute approximate surface area is 462 Å². The fourth-order valence-electron chi connectivity index (χ4n) is 9.27. The van der Waals surface area contributed by atoms with E-state index in [1.165, 1.54) is 22.3 Å². The number of thiazole rings is 1. The number of ether oxygens (including phenoxy) is 2. The molecule has 0 unspecified atom stereocenters. The number of amides is 4. The molecule has 0 radical (unpaired) electrons. The number of benzene rings is 3. The van der Waals surface area contributed by atoms with Gasteiger partial charge in [-0.2, -0.15) is 31.6 Å². The van der Waals surface area contributed by atoms with Gasteiger partial charge in [-0.1, -0.05) is 45.0 Å². The summed E-state index contributed by atoms with van der Waals surface area (Å²) < 4.78 is 143. The van der Waals surface area contributed by atoms with E-state index >= 15 is 13.2 Å². The monoisotopic (exact) mass is 1160 g/mol. The first kappa shape index (κ1) is 60.4. The van der Waals surface area contributed by atoms with Crippen LogP contribution in [0.25, 0.3) is 21.7 Å². The standard InChI is InChI=1S/C54H53F9N8O7S2/c1-27(29-10-12-30(13-11-29)45-28(2)66-26-80-45)67-47(74)39-21-34(72)24-69(39)48(75)46(51(3,4)5)68-40(73)25-77-16-8-9-17-78-44-36(55)18-32(19-37(44)56)43-35(53(58,59)60)20-33(23-65-43)71-50(79)70(49(76)52(71,6)7)38-15-14-31(22-64)41(42(38)57)54(61,62)63/h10-15,18-20,23,26-27,34,39,46,72H,8-9,16-17,21,24-25H2,1-7H3,(H,67,74)(H,68,73)/t27-,34+,39-,46+/m0/s1. The summed E-state index contributed by atoms with van der Waals surface area (Å²) in [5, 5.41) is 24.7. The molecule has 2 aliphatic rings. The number of nitrogens with zero attached hydrogens (tertiary/aromatic N) is 6. The fourth-order valence-corrected chi connectivity index (χ4v) is 10.6. The predicted octanol–water partition coefficient (Wildman–Crippen LogP) is 9.97. The molecule has 0 spiro atoms. The number of aliphatic hydroxyl groups excluding tert-OH is 1. The van der Waals surface area contributed by atoms with Crippen LogP contribution in [0.4, 0.5) is 50.9 Å². The van der Waals surface area contributed by atoms with Gasteiger partial charge >= 0.3 is 12.4 Å². The maximum atomic E-state index is 15.5. The zero-order valence-electron chi connectivity index (χ0n) is 43.9. The lowest BCUT2D eigenvalue weighted by molar-refractivity contribution is -0.144. The molecule has 4 amide bonds. The Bertz CT molecular complexity index is 3230. The molecule has 80 heavy (non-hydrogen) atoms. The molecule has 0 bridgehead atoms. The molecular weight excluding hydrogens is 1110 g/mol.